The van der Waals surface area contributed by atoms with Crippen LogP contribution in [0.2, 0.25) is 0 Å². The Balaban J connectivity index is 3.13. The summed E-state index contributed by atoms with van der Waals surface area (Å²) in [7, 11) is 3.53. The van der Waals surface area contributed by atoms with Gasteiger partial charge in [0.1, 0.15) is 0 Å². The largest absolute Gasteiger partial charge is 0.377 e. The minimum atomic E-state index is -0.412. The molecule has 1 heterocycles. The lowest BCUT2D eigenvalue weighted by Crippen LogP contribution is -2.45. The molecule has 0 fully saturated rings. The highest BCUT2D eigenvalue weighted by molar-refractivity contribution is 9.10. The highest BCUT2D eigenvalue weighted by Crippen LogP contribution is 2.31. The molecular weight excluding hydrogens is 260 g/mol. The molecular formula is C9H17BrN4O. The molecule has 1 atom stereocenters. The number of hydrogen-bond donors (Lipinski definition) is 2. The molecule has 0 aliphatic rings. The second-order valence-electron chi connectivity index (χ2n) is 3.91. The number of hydrazine groups is 1. The number of methoxy groups -OCH3 is 1. The van der Waals surface area contributed by atoms with Crippen LogP contribution in [0, 0.1) is 0 Å². The number of nitrogens with two attached hydrogens (primary N) is 1. The normalized spacial score (nSPS) is 14.3. The number of hydrogen-bond acceptors (Lipinski definition) is 4. The molecule has 15 heavy (non-hydrogen) atoms. The first kappa shape index (κ1) is 12.6. The highest BCUT2D eigenvalue weighted by atomic mass is 79.9. The van der Waals surface area contributed by atoms with Gasteiger partial charge in [0.05, 0.1) is 28.0 Å². The van der Waals surface area contributed by atoms with Crippen LogP contribution in [0.15, 0.2) is 10.7 Å². The van der Waals surface area contributed by atoms with Crippen LogP contribution in [0.4, 0.5) is 0 Å². The standard InChI is InChI=1S/C9H17BrN4O/c1-9(2,15-4)8(13-11)7-6(10)5-12-14(7)3/h5,8,13H,11H2,1-4H3. The average molecular weight is 277 g/mol. The Labute approximate surface area is 98.1 Å². The quantitative estimate of drug-likeness (QED) is 0.639. The lowest BCUT2D eigenvalue weighted by Gasteiger charge is -2.32. The van der Waals surface area contributed by atoms with E-state index in [1.54, 1.807) is 18.0 Å². The summed E-state index contributed by atoms with van der Waals surface area (Å²) >= 11 is 3.45. The summed E-state index contributed by atoms with van der Waals surface area (Å²) in [6, 6.07) is -0.135. The van der Waals surface area contributed by atoms with Crippen LogP contribution in [0.1, 0.15) is 25.6 Å². The predicted octanol–water partition coefficient (Wildman–Crippen LogP) is 1.11. The Morgan fingerprint density at radius 1 is 1.67 bits per heavy atom. The third-order valence-electron chi connectivity index (χ3n) is 2.60. The number of aromatic nitrogens is 2. The number of halogens is 1. The molecule has 86 valence electrons. The lowest BCUT2D eigenvalue weighted by atomic mass is 9.96. The summed E-state index contributed by atoms with van der Waals surface area (Å²) in [5.74, 6) is 5.57. The van der Waals surface area contributed by atoms with Gasteiger partial charge in [-0.25, -0.2) is 5.43 Å². The van der Waals surface area contributed by atoms with Gasteiger partial charge in [0, 0.05) is 14.2 Å². The second kappa shape index (κ2) is 4.61. The summed E-state index contributed by atoms with van der Waals surface area (Å²) in [4.78, 5) is 0. The number of nitrogens with zero attached hydrogens (tertiary/aromatic N) is 2. The van der Waals surface area contributed by atoms with Gasteiger partial charge >= 0.3 is 0 Å². The van der Waals surface area contributed by atoms with Crippen molar-refractivity contribution in [2.45, 2.75) is 25.5 Å². The fourth-order valence-electron chi connectivity index (χ4n) is 1.47. The maximum atomic E-state index is 5.57. The Bertz CT molecular complexity index is 317. The van der Waals surface area contributed by atoms with E-state index in [-0.39, 0.29) is 6.04 Å². The monoisotopic (exact) mass is 276 g/mol. The number of ether oxygens (including phenoxy) is 1. The first-order valence-electron chi connectivity index (χ1n) is 4.62. The molecule has 3 N–H and O–H groups in total. The van der Waals surface area contributed by atoms with E-state index in [4.69, 9.17) is 10.6 Å². The first-order chi connectivity index (χ1) is 6.94. The van der Waals surface area contributed by atoms with Crippen molar-refractivity contribution in [1.82, 2.24) is 15.2 Å². The molecule has 0 aliphatic heterocycles. The average Bonchev–Trinajstić information content (AvgIpc) is 2.50. The zero-order valence-electron chi connectivity index (χ0n) is 9.41. The third-order valence-corrected chi connectivity index (χ3v) is 3.21. The van der Waals surface area contributed by atoms with E-state index in [0.717, 1.165) is 10.2 Å². The van der Waals surface area contributed by atoms with E-state index in [0.29, 0.717) is 0 Å². The molecule has 0 saturated heterocycles. The number of rotatable bonds is 4. The maximum absolute atomic E-state index is 5.57. The Kier molecular flexibility index (Phi) is 3.88. The lowest BCUT2D eigenvalue weighted by molar-refractivity contribution is -0.0135. The van der Waals surface area contributed by atoms with Crippen molar-refractivity contribution < 1.29 is 4.74 Å². The molecule has 5 nitrogen and oxygen atoms in total. The molecule has 6 heteroatoms. The van der Waals surface area contributed by atoms with Gasteiger partial charge in [-0.15, -0.1) is 0 Å². The third kappa shape index (κ3) is 2.39. The van der Waals surface area contributed by atoms with Crippen molar-refractivity contribution in [1.29, 1.82) is 0 Å². The van der Waals surface area contributed by atoms with Crippen LogP contribution in [0.3, 0.4) is 0 Å². The molecule has 0 aliphatic carbocycles. The molecule has 0 spiro atoms. The first-order valence-corrected chi connectivity index (χ1v) is 5.42. The molecule has 1 rings (SSSR count). The molecule has 1 aromatic rings. The molecule has 0 aromatic carbocycles. The zero-order valence-corrected chi connectivity index (χ0v) is 11.0. The van der Waals surface area contributed by atoms with Gasteiger partial charge in [0.2, 0.25) is 0 Å². The second-order valence-corrected chi connectivity index (χ2v) is 4.76. The summed E-state index contributed by atoms with van der Waals surface area (Å²) in [5.41, 5.74) is 3.31. The molecule has 0 saturated carbocycles. The van der Waals surface area contributed by atoms with Crippen molar-refractivity contribution in [3.05, 3.63) is 16.4 Å². The summed E-state index contributed by atoms with van der Waals surface area (Å²) in [6.07, 6.45) is 1.74. The number of aryl methyl sites for hydroxylation is 1. The molecule has 0 amide bonds. The van der Waals surface area contributed by atoms with Crippen molar-refractivity contribution in [2.24, 2.45) is 12.9 Å². The predicted molar refractivity (Wildman–Crippen MR) is 62.1 cm³/mol. The fourth-order valence-corrected chi connectivity index (χ4v) is 2.05. The van der Waals surface area contributed by atoms with E-state index in [2.05, 4.69) is 26.5 Å². The van der Waals surface area contributed by atoms with Gasteiger partial charge in [-0.1, -0.05) is 0 Å². The van der Waals surface area contributed by atoms with Crippen molar-refractivity contribution >= 4 is 15.9 Å². The van der Waals surface area contributed by atoms with Gasteiger partial charge in [-0.3, -0.25) is 10.5 Å². The Morgan fingerprint density at radius 3 is 2.60 bits per heavy atom. The SMILES string of the molecule is COC(C)(C)C(NN)c1c(Br)cnn1C. The summed E-state index contributed by atoms with van der Waals surface area (Å²) in [6.45, 7) is 3.94. The van der Waals surface area contributed by atoms with Crippen LogP contribution in [-0.2, 0) is 11.8 Å². The van der Waals surface area contributed by atoms with Crippen molar-refractivity contribution in [3.63, 3.8) is 0 Å². The van der Waals surface area contributed by atoms with Gasteiger partial charge < -0.3 is 4.74 Å². The molecule has 0 bridgehead atoms. The summed E-state index contributed by atoms with van der Waals surface area (Å²) < 4.78 is 8.11. The Hall–Kier alpha value is -0.430. The minimum Gasteiger partial charge on any atom is -0.377 e. The van der Waals surface area contributed by atoms with Crippen LogP contribution >= 0.6 is 15.9 Å². The summed E-state index contributed by atoms with van der Waals surface area (Å²) in [5, 5.41) is 4.15. The zero-order chi connectivity index (χ0) is 11.6. The smallest absolute Gasteiger partial charge is 0.0924 e. The van der Waals surface area contributed by atoms with E-state index in [1.165, 1.54) is 0 Å². The van der Waals surface area contributed by atoms with Crippen LogP contribution in [0.25, 0.3) is 0 Å². The van der Waals surface area contributed by atoms with Crippen molar-refractivity contribution in [2.75, 3.05) is 7.11 Å². The van der Waals surface area contributed by atoms with Crippen LogP contribution < -0.4 is 11.3 Å². The van der Waals surface area contributed by atoms with Gasteiger partial charge in [0.15, 0.2) is 0 Å². The van der Waals surface area contributed by atoms with Crippen molar-refractivity contribution in [3.8, 4) is 0 Å². The molecule has 1 aromatic heterocycles. The topological polar surface area (TPSA) is 65.1 Å². The van der Waals surface area contributed by atoms with E-state index in [1.807, 2.05) is 20.9 Å². The van der Waals surface area contributed by atoms with Gasteiger partial charge in [-0.05, 0) is 29.8 Å². The molecule has 0 radical (unpaired) electrons. The van der Waals surface area contributed by atoms with Gasteiger partial charge in [-0.2, -0.15) is 5.10 Å². The number of nitrogens with one attached hydrogen (secondary N) is 1. The van der Waals surface area contributed by atoms with Crippen LogP contribution in [-0.4, -0.2) is 22.5 Å². The maximum Gasteiger partial charge on any atom is 0.0924 e. The van der Waals surface area contributed by atoms with E-state index < -0.39 is 5.60 Å². The minimum absolute atomic E-state index is 0.135. The molecule has 1 unspecified atom stereocenters. The van der Waals surface area contributed by atoms with Crippen LogP contribution in [0.5, 0.6) is 0 Å². The van der Waals surface area contributed by atoms with E-state index >= 15 is 0 Å². The Morgan fingerprint density at radius 2 is 2.27 bits per heavy atom. The van der Waals surface area contributed by atoms with E-state index in [9.17, 15) is 0 Å². The fraction of sp³-hybridized carbons (Fsp3) is 0.667. The highest BCUT2D eigenvalue weighted by Gasteiger charge is 2.33. The van der Waals surface area contributed by atoms with Gasteiger partial charge in [0.25, 0.3) is 0 Å².